The highest BCUT2D eigenvalue weighted by Gasteiger charge is 2.54. The van der Waals surface area contributed by atoms with Crippen molar-refractivity contribution in [2.75, 3.05) is 13.1 Å². The summed E-state index contributed by atoms with van der Waals surface area (Å²) >= 11 is 0. The highest BCUT2D eigenvalue weighted by Crippen LogP contribution is 2.38. The smallest absolute Gasteiger partial charge is 0.380 e. The molecule has 0 radical (unpaired) electrons. The lowest BCUT2D eigenvalue weighted by Crippen LogP contribution is -2.54. The van der Waals surface area contributed by atoms with Gasteiger partial charge < -0.3 is 15.0 Å². The number of aliphatic hydroxyl groups is 1. The number of nitrogens with zero attached hydrogens (tertiary/aromatic N) is 2. The van der Waals surface area contributed by atoms with Crippen molar-refractivity contribution in [3.05, 3.63) is 34.7 Å². The van der Waals surface area contributed by atoms with E-state index in [4.69, 9.17) is 0 Å². The molecule has 1 aromatic heterocycles. The van der Waals surface area contributed by atoms with Crippen LogP contribution in [0.4, 0.5) is 13.2 Å². The van der Waals surface area contributed by atoms with E-state index in [1.54, 1.807) is 24.3 Å². The number of benzene rings is 1. The van der Waals surface area contributed by atoms with Crippen molar-refractivity contribution in [2.45, 2.75) is 31.2 Å². The summed E-state index contributed by atoms with van der Waals surface area (Å²) in [6.07, 6.45) is -5.84. The quantitative estimate of drug-likeness (QED) is 0.861. The lowest BCUT2D eigenvalue weighted by molar-refractivity contribution is -0.272. The fourth-order valence-corrected chi connectivity index (χ4v) is 2.91. The molecule has 9 heteroatoms. The number of para-hydroxylation sites is 2. The second kappa shape index (κ2) is 5.66. The summed E-state index contributed by atoms with van der Waals surface area (Å²) in [5.41, 5.74) is -2.06. The van der Waals surface area contributed by atoms with E-state index in [9.17, 15) is 27.9 Å². The number of hydrogen-bond donors (Lipinski definition) is 2. The van der Waals surface area contributed by atoms with Gasteiger partial charge in [0, 0.05) is 25.9 Å². The van der Waals surface area contributed by atoms with Crippen LogP contribution in [0.3, 0.4) is 0 Å². The molecule has 2 heterocycles. The number of piperidine rings is 1. The number of nitrogens with one attached hydrogen (secondary N) is 1. The third-order valence-electron chi connectivity index (χ3n) is 4.45. The maximum Gasteiger partial charge on any atom is 0.417 e. The lowest BCUT2D eigenvalue weighted by atomic mass is 9.91. The molecule has 1 fully saturated rings. The second-order valence-electron chi connectivity index (χ2n) is 5.94. The van der Waals surface area contributed by atoms with Crippen molar-refractivity contribution in [2.24, 2.45) is 0 Å². The minimum atomic E-state index is -4.71. The first-order valence-electron chi connectivity index (χ1n) is 7.46. The van der Waals surface area contributed by atoms with E-state index in [2.05, 4.69) is 4.98 Å². The minimum absolute atomic E-state index is 0.202. The number of hydrogen-bond acceptors (Lipinski definition) is 3. The zero-order chi connectivity index (χ0) is 17.5. The first kappa shape index (κ1) is 16.6. The van der Waals surface area contributed by atoms with E-state index in [0.29, 0.717) is 11.0 Å². The Hall–Kier alpha value is -2.29. The third-order valence-corrected chi connectivity index (χ3v) is 4.45. The maximum absolute atomic E-state index is 12.8. The third kappa shape index (κ3) is 2.79. The van der Waals surface area contributed by atoms with Gasteiger partial charge in [0.1, 0.15) is 6.54 Å². The molecule has 1 aliphatic rings. The van der Waals surface area contributed by atoms with Crippen LogP contribution in [0, 0.1) is 0 Å². The second-order valence-corrected chi connectivity index (χ2v) is 5.94. The Morgan fingerprint density at radius 3 is 2.50 bits per heavy atom. The molecule has 1 amide bonds. The molecule has 24 heavy (non-hydrogen) atoms. The molecule has 0 bridgehead atoms. The van der Waals surface area contributed by atoms with Crippen LogP contribution >= 0.6 is 0 Å². The molecule has 2 aromatic rings. The van der Waals surface area contributed by atoms with Gasteiger partial charge in [-0.3, -0.25) is 9.36 Å². The van der Waals surface area contributed by atoms with Crippen LogP contribution in [0.2, 0.25) is 0 Å². The number of halogens is 3. The number of alkyl halides is 3. The predicted octanol–water partition coefficient (Wildman–Crippen LogP) is 1.25. The monoisotopic (exact) mass is 343 g/mol. The first-order valence-corrected chi connectivity index (χ1v) is 7.46. The number of carbonyl (C=O) groups is 1. The Kier molecular flexibility index (Phi) is 3.90. The summed E-state index contributed by atoms with van der Waals surface area (Å²) in [5.74, 6) is -0.453. The molecular weight excluding hydrogens is 327 g/mol. The zero-order valence-electron chi connectivity index (χ0n) is 12.6. The number of rotatable bonds is 2. The molecule has 0 atom stereocenters. The number of carbonyl (C=O) groups excluding carboxylic acids is 1. The Morgan fingerprint density at radius 1 is 1.25 bits per heavy atom. The van der Waals surface area contributed by atoms with Crippen LogP contribution < -0.4 is 5.69 Å². The van der Waals surface area contributed by atoms with E-state index in [1.807, 2.05) is 0 Å². The molecular formula is C15H16F3N3O3. The summed E-state index contributed by atoms with van der Waals surface area (Å²) in [7, 11) is 0. The number of fused-ring (bicyclic) bond motifs is 1. The van der Waals surface area contributed by atoms with Crippen molar-refractivity contribution in [3.8, 4) is 0 Å². The Morgan fingerprint density at radius 2 is 1.88 bits per heavy atom. The number of H-pyrrole nitrogens is 1. The van der Waals surface area contributed by atoms with Gasteiger partial charge in [-0.25, -0.2) is 4.79 Å². The topological polar surface area (TPSA) is 78.3 Å². The van der Waals surface area contributed by atoms with Gasteiger partial charge in [-0.1, -0.05) is 12.1 Å². The largest absolute Gasteiger partial charge is 0.417 e. The van der Waals surface area contributed by atoms with E-state index in [1.165, 1.54) is 9.47 Å². The number of aromatic amines is 1. The Labute approximate surface area is 134 Å². The lowest BCUT2D eigenvalue weighted by Gasteiger charge is -2.39. The van der Waals surface area contributed by atoms with Crippen LogP contribution in [0.5, 0.6) is 0 Å². The average molecular weight is 343 g/mol. The van der Waals surface area contributed by atoms with Gasteiger partial charge in [-0.2, -0.15) is 13.2 Å². The number of likely N-dealkylation sites (tertiary alicyclic amines) is 1. The molecule has 0 aliphatic carbocycles. The SMILES string of the molecule is O=C(Cn1c(=O)[nH]c2ccccc21)N1CCC(O)(C(F)(F)F)CC1. The van der Waals surface area contributed by atoms with Gasteiger partial charge >= 0.3 is 11.9 Å². The first-order chi connectivity index (χ1) is 11.2. The van der Waals surface area contributed by atoms with Crippen molar-refractivity contribution in [3.63, 3.8) is 0 Å². The predicted molar refractivity (Wildman–Crippen MR) is 79.4 cm³/mol. The van der Waals surface area contributed by atoms with Crippen LogP contribution in [-0.2, 0) is 11.3 Å². The molecule has 3 rings (SSSR count). The van der Waals surface area contributed by atoms with Crippen molar-refractivity contribution < 1.29 is 23.1 Å². The van der Waals surface area contributed by atoms with E-state index in [-0.39, 0.29) is 19.6 Å². The number of aromatic nitrogens is 2. The summed E-state index contributed by atoms with van der Waals surface area (Å²) < 4.78 is 39.6. The van der Waals surface area contributed by atoms with Crippen molar-refractivity contribution >= 4 is 16.9 Å². The van der Waals surface area contributed by atoms with Gasteiger partial charge in [-0.15, -0.1) is 0 Å². The maximum atomic E-state index is 12.8. The van der Waals surface area contributed by atoms with Gasteiger partial charge in [0.25, 0.3) is 0 Å². The summed E-state index contributed by atoms with van der Waals surface area (Å²) in [6.45, 7) is -0.662. The van der Waals surface area contributed by atoms with Gasteiger partial charge in [-0.05, 0) is 12.1 Å². The van der Waals surface area contributed by atoms with Crippen molar-refractivity contribution in [1.82, 2.24) is 14.5 Å². The molecule has 1 aromatic carbocycles. The fraction of sp³-hybridized carbons (Fsp3) is 0.467. The normalized spacial score (nSPS) is 18.1. The molecule has 2 N–H and O–H groups in total. The molecule has 6 nitrogen and oxygen atoms in total. The Bertz CT molecular complexity index is 816. The van der Waals surface area contributed by atoms with Crippen LogP contribution in [0.15, 0.2) is 29.1 Å². The zero-order valence-corrected chi connectivity index (χ0v) is 12.6. The Balaban J connectivity index is 1.73. The molecule has 0 unspecified atom stereocenters. The molecule has 130 valence electrons. The van der Waals surface area contributed by atoms with Gasteiger partial charge in [0.15, 0.2) is 5.60 Å². The molecule has 1 saturated heterocycles. The molecule has 0 spiro atoms. The summed E-state index contributed by atoms with van der Waals surface area (Å²) in [6, 6.07) is 6.84. The molecule has 1 aliphatic heterocycles. The van der Waals surface area contributed by atoms with E-state index in [0.717, 1.165) is 0 Å². The summed E-state index contributed by atoms with van der Waals surface area (Å²) in [4.78, 5) is 28.1. The van der Waals surface area contributed by atoms with Gasteiger partial charge in [0.2, 0.25) is 5.91 Å². The van der Waals surface area contributed by atoms with Crippen LogP contribution in [-0.4, -0.2) is 50.3 Å². The molecule has 0 saturated carbocycles. The van der Waals surface area contributed by atoms with Crippen LogP contribution in [0.1, 0.15) is 12.8 Å². The van der Waals surface area contributed by atoms with Crippen molar-refractivity contribution in [1.29, 1.82) is 0 Å². The highest BCUT2D eigenvalue weighted by molar-refractivity contribution is 5.80. The van der Waals surface area contributed by atoms with E-state index >= 15 is 0 Å². The van der Waals surface area contributed by atoms with E-state index < -0.39 is 36.2 Å². The van der Waals surface area contributed by atoms with Crippen LogP contribution in [0.25, 0.3) is 11.0 Å². The minimum Gasteiger partial charge on any atom is -0.380 e. The standard InChI is InChI=1S/C15H16F3N3O3/c16-15(17,18)14(24)5-7-20(8-6-14)12(22)9-21-11-4-2-1-3-10(11)19-13(21)23/h1-4,24H,5-9H2,(H,19,23). The average Bonchev–Trinajstić information content (AvgIpc) is 2.83. The fourth-order valence-electron chi connectivity index (χ4n) is 2.91. The van der Waals surface area contributed by atoms with Gasteiger partial charge in [0.05, 0.1) is 11.0 Å². The number of amides is 1. The summed E-state index contributed by atoms with van der Waals surface area (Å²) in [5, 5.41) is 9.63. The highest BCUT2D eigenvalue weighted by atomic mass is 19.4. The number of imidazole rings is 1.